The monoisotopic (exact) mass is 232 g/mol. The molecule has 0 saturated heterocycles. The number of esters is 1. The minimum absolute atomic E-state index is 0.129. The molecule has 0 amide bonds. The number of aliphatic hydroxyl groups is 1. The Bertz CT molecular complexity index is 170. The van der Waals surface area contributed by atoms with E-state index in [4.69, 9.17) is 4.74 Å². The molecule has 0 aromatic rings. The van der Waals surface area contributed by atoms with E-state index < -0.39 is 0 Å². The summed E-state index contributed by atoms with van der Waals surface area (Å²) in [5.74, 6) is -0.129. The molecule has 0 spiro atoms. The summed E-state index contributed by atoms with van der Waals surface area (Å²) in [6, 6.07) is 0. The van der Waals surface area contributed by atoms with Crippen LogP contribution >= 0.6 is 0 Å². The second-order valence-electron chi connectivity index (χ2n) is 3.99. The Morgan fingerprint density at radius 3 is 2.38 bits per heavy atom. The molecule has 0 bridgehead atoms. The third-order valence-corrected chi connectivity index (χ3v) is 2.50. The Morgan fingerprint density at radius 1 is 1.12 bits per heavy atom. The SMILES string of the molecule is COCC(O)CCCCCCCC(=O)OC. The first-order valence-electron chi connectivity index (χ1n) is 5.94. The summed E-state index contributed by atoms with van der Waals surface area (Å²) in [7, 11) is 3.01. The fourth-order valence-corrected chi connectivity index (χ4v) is 1.56. The van der Waals surface area contributed by atoms with Crippen LogP contribution in [0, 0.1) is 0 Å². The molecule has 0 aliphatic heterocycles. The summed E-state index contributed by atoms with van der Waals surface area (Å²) in [4.78, 5) is 10.8. The number of unbranched alkanes of at least 4 members (excludes halogenated alkanes) is 4. The molecular weight excluding hydrogens is 208 g/mol. The highest BCUT2D eigenvalue weighted by molar-refractivity contribution is 5.68. The van der Waals surface area contributed by atoms with Crippen LogP contribution < -0.4 is 0 Å². The topological polar surface area (TPSA) is 55.8 Å². The van der Waals surface area contributed by atoms with Crippen LogP contribution in [0.3, 0.4) is 0 Å². The smallest absolute Gasteiger partial charge is 0.305 e. The maximum absolute atomic E-state index is 10.8. The average molecular weight is 232 g/mol. The Labute approximate surface area is 97.9 Å². The van der Waals surface area contributed by atoms with Gasteiger partial charge in [0.15, 0.2) is 0 Å². The highest BCUT2D eigenvalue weighted by Gasteiger charge is 2.03. The van der Waals surface area contributed by atoms with E-state index in [-0.39, 0.29) is 12.1 Å². The van der Waals surface area contributed by atoms with Crippen molar-refractivity contribution < 1.29 is 19.4 Å². The lowest BCUT2D eigenvalue weighted by Crippen LogP contribution is -2.13. The van der Waals surface area contributed by atoms with Crippen molar-refractivity contribution in [2.75, 3.05) is 20.8 Å². The quantitative estimate of drug-likeness (QED) is 0.461. The second-order valence-corrected chi connectivity index (χ2v) is 3.99. The van der Waals surface area contributed by atoms with Gasteiger partial charge in [-0.1, -0.05) is 25.7 Å². The average Bonchev–Trinajstić information content (AvgIpc) is 2.27. The Balaban J connectivity index is 3.12. The van der Waals surface area contributed by atoms with Crippen LogP contribution in [0.2, 0.25) is 0 Å². The molecule has 16 heavy (non-hydrogen) atoms. The third kappa shape index (κ3) is 9.93. The number of hydrogen-bond donors (Lipinski definition) is 1. The molecule has 0 rings (SSSR count). The molecule has 1 N–H and O–H groups in total. The van der Waals surface area contributed by atoms with Gasteiger partial charge in [0.2, 0.25) is 0 Å². The molecule has 1 unspecified atom stereocenters. The van der Waals surface area contributed by atoms with Crippen molar-refractivity contribution in [3.63, 3.8) is 0 Å². The Hall–Kier alpha value is -0.610. The van der Waals surface area contributed by atoms with Crippen molar-refractivity contribution in [2.45, 2.75) is 51.0 Å². The molecule has 0 aliphatic rings. The zero-order chi connectivity index (χ0) is 12.2. The number of ether oxygens (including phenoxy) is 2. The molecule has 1 atom stereocenters. The van der Waals surface area contributed by atoms with Gasteiger partial charge in [0, 0.05) is 13.5 Å². The fourth-order valence-electron chi connectivity index (χ4n) is 1.56. The van der Waals surface area contributed by atoms with E-state index >= 15 is 0 Å². The molecule has 0 fully saturated rings. The van der Waals surface area contributed by atoms with Crippen molar-refractivity contribution >= 4 is 5.97 Å². The maximum Gasteiger partial charge on any atom is 0.305 e. The highest BCUT2D eigenvalue weighted by Crippen LogP contribution is 2.09. The summed E-state index contributed by atoms with van der Waals surface area (Å²) in [5.41, 5.74) is 0. The van der Waals surface area contributed by atoms with E-state index in [0.717, 1.165) is 38.5 Å². The predicted molar refractivity (Wildman–Crippen MR) is 62.2 cm³/mol. The fraction of sp³-hybridized carbons (Fsp3) is 0.917. The van der Waals surface area contributed by atoms with Gasteiger partial charge >= 0.3 is 5.97 Å². The van der Waals surface area contributed by atoms with Gasteiger partial charge in [0.25, 0.3) is 0 Å². The Morgan fingerprint density at radius 2 is 1.75 bits per heavy atom. The number of methoxy groups -OCH3 is 2. The van der Waals surface area contributed by atoms with Crippen LogP contribution in [-0.2, 0) is 14.3 Å². The van der Waals surface area contributed by atoms with E-state index in [1.54, 1.807) is 7.11 Å². The number of aliphatic hydroxyl groups excluding tert-OH is 1. The van der Waals surface area contributed by atoms with E-state index in [2.05, 4.69) is 4.74 Å². The molecule has 0 heterocycles. The molecule has 0 radical (unpaired) electrons. The van der Waals surface area contributed by atoms with Crippen molar-refractivity contribution in [1.82, 2.24) is 0 Å². The van der Waals surface area contributed by atoms with Gasteiger partial charge < -0.3 is 14.6 Å². The first-order chi connectivity index (χ1) is 7.70. The Kier molecular flexibility index (Phi) is 10.5. The third-order valence-electron chi connectivity index (χ3n) is 2.50. The minimum Gasteiger partial charge on any atom is -0.469 e. The number of hydrogen-bond acceptors (Lipinski definition) is 4. The first kappa shape index (κ1) is 15.4. The normalized spacial score (nSPS) is 12.4. The highest BCUT2D eigenvalue weighted by atomic mass is 16.5. The van der Waals surface area contributed by atoms with E-state index in [0.29, 0.717) is 13.0 Å². The van der Waals surface area contributed by atoms with Gasteiger partial charge in [0.05, 0.1) is 19.8 Å². The van der Waals surface area contributed by atoms with Gasteiger partial charge in [-0.05, 0) is 12.8 Å². The molecule has 4 nitrogen and oxygen atoms in total. The van der Waals surface area contributed by atoms with E-state index in [9.17, 15) is 9.90 Å². The molecule has 0 aromatic carbocycles. The molecule has 0 aromatic heterocycles. The van der Waals surface area contributed by atoms with Gasteiger partial charge in [0.1, 0.15) is 0 Å². The van der Waals surface area contributed by atoms with E-state index in [1.165, 1.54) is 7.11 Å². The summed E-state index contributed by atoms with van der Waals surface area (Å²) in [6.07, 6.45) is 6.15. The first-order valence-corrected chi connectivity index (χ1v) is 5.94. The van der Waals surface area contributed by atoms with Crippen LogP contribution in [0.15, 0.2) is 0 Å². The van der Waals surface area contributed by atoms with Gasteiger partial charge in [-0.15, -0.1) is 0 Å². The zero-order valence-corrected chi connectivity index (χ0v) is 10.4. The molecule has 4 heteroatoms. The van der Waals surface area contributed by atoms with Crippen LogP contribution in [0.25, 0.3) is 0 Å². The van der Waals surface area contributed by atoms with Crippen molar-refractivity contribution in [2.24, 2.45) is 0 Å². The zero-order valence-electron chi connectivity index (χ0n) is 10.4. The molecule has 0 saturated carbocycles. The van der Waals surface area contributed by atoms with Gasteiger partial charge in [-0.25, -0.2) is 0 Å². The lowest BCUT2D eigenvalue weighted by atomic mass is 10.1. The molecule has 96 valence electrons. The predicted octanol–water partition coefficient (Wildman–Crippen LogP) is 1.90. The van der Waals surface area contributed by atoms with Crippen LogP contribution in [0.4, 0.5) is 0 Å². The second kappa shape index (κ2) is 10.9. The summed E-state index contributed by atoms with van der Waals surface area (Å²) in [5, 5.41) is 9.37. The summed E-state index contributed by atoms with van der Waals surface area (Å²) in [6.45, 7) is 0.419. The van der Waals surface area contributed by atoms with Crippen LogP contribution in [0.5, 0.6) is 0 Å². The molecule has 0 aliphatic carbocycles. The number of carbonyl (C=O) groups is 1. The minimum atomic E-state index is -0.333. The largest absolute Gasteiger partial charge is 0.469 e. The van der Waals surface area contributed by atoms with Gasteiger partial charge in [-0.3, -0.25) is 4.79 Å². The summed E-state index contributed by atoms with van der Waals surface area (Å²) >= 11 is 0. The van der Waals surface area contributed by atoms with E-state index in [1.807, 2.05) is 0 Å². The van der Waals surface area contributed by atoms with Gasteiger partial charge in [-0.2, -0.15) is 0 Å². The van der Waals surface area contributed by atoms with Crippen molar-refractivity contribution in [1.29, 1.82) is 0 Å². The van der Waals surface area contributed by atoms with Crippen molar-refractivity contribution in [3.05, 3.63) is 0 Å². The number of rotatable bonds is 10. The standard InChI is InChI=1S/C12H24O4/c1-15-10-11(13)8-6-4-3-5-7-9-12(14)16-2/h11,13H,3-10H2,1-2H3. The van der Waals surface area contributed by atoms with Crippen LogP contribution in [0.1, 0.15) is 44.9 Å². The lowest BCUT2D eigenvalue weighted by Gasteiger charge is -2.08. The molecular formula is C12H24O4. The van der Waals surface area contributed by atoms with Crippen LogP contribution in [-0.4, -0.2) is 38.0 Å². The van der Waals surface area contributed by atoms with Crippen molar-refractivity contribution in [3.8, 4) is 0 Å². The number of carbonyl (C=O) groups excluding carboxylic acids is 1. The summed E-state index contributed by atoms with van der Waals surface area (Å²) < 4.78 is 9.39. The maximum atomic E-state index is 10.8. The lowest BCUT2D eigenvalue weighted by molar-refractivity contribution is -0.140.